The number of nitrogens with one attached hydrogen (secondary N) is 1. The fraction of sp³-hybridized carbons (Fsp3) is 0.467. The molecule has 0 aromatic heterocycles. The molecule has 0 spiro atoms. The van der Waals surface area contributed by atoms with Crippen molar-refractivity contribution in [1.29, 1.82) is 0 Å². The monoisotopic (exact) mass is 278 g/mol. The molecule has 0 saturated heterocycles. The first-order valence-electron chi connectivity index (χ1n) is 6.41. The molecule has 0 bridgehead atoms. The van der Waals surface area contributed by atoms with Gasteiger partial charge in [0, 0.05) is 11.2 Å². The van der Waals surface area contributed by atoms with Gasteiger partial charge in [-0.1, -0.05) is 6.07 Å². The Morgan fingerprint density at radius 3 is 2.20 bits per heavy atom. The van der Waals surface area contributed by atoms with Gasteiger partial charge in [0.15, 0.2) is 0 Å². The van der Waals surface area contributed by atoms with Crippen molar-refractivity contribution in [3.05, 3.63) is 29.3 Å². The van der Waals surface area contributed by atoms with Gasteiger partial charge in [-0.2, -0.15) is 0 Å². The maximum absolute atomic E-state index is 12.4. The summed E-state index contributed by atoms with van der Waals surface area (Å²) < 4.78 is 0. The Balaban J connectivity index is 3.10. The van der Waals surface area contributed by atoms with E-state index in [0.717, 1.165) is 0 Å². The highest BCUT2D eigenvalue weighted by molar-refractivity contribution is 5.98. The smallest absolute Gasteiger partial charge is 0.336 e. The van der Waals surface area contributed by atoms with Gasteiger partial charge < -0.3 is 16.2 Å². The minimum absolute atomic E-state index is 0.174. The first-order valence-corrected chi connectivity index (χ1v) is 6.41. The van der Waals surface area contributed by atoms with E-state index < -0.39 is 16.9 Å². The van der Waals surface area contributed by atoms with Crippen LogP contribution in [0.3, 0.4) is 0 Å². The average Bonchev–Trinajstić information content (AvgIpc) is 2.29. The Morgan fingerprint density at radius 2 is 1.75 bits per heavy atom. The van der Waals surface area contributed by atoms with Gasteiger partial charge in [0.05, 0.1) is 11.0 Å². The van der Waals surface area contributed by atoms with Gasteiger partial charge in [0.2, 0.25) is 5.91 Å². The van der Waals surface area contributed by atoms with Crippen LogP contribution in [0.2, 0.25) is 0 Å². The minimum atomic E-state index is -1.02. The molecule has 5 nitrogen and oxygen atoms in total. The van der Waals surface area contributed by atoms with Crippen LogP contribution >= 0.6 is 0 Å². The number of anilines is 1. The summed E-state index contributed by atoms with van der Waals surface area (Å²) in [6.07, 6.45) is 0. The average molecular weight is 278 g/mol. The van der Waals surface area contributed by atoms with Crippen LogP contribution in [0.15, 0.2) is 18.2 Å². The van der Waals surface area contributed by atoms with Gasteiger partial charge in [-0.3, -0.25) is 4.79 Å². The molecule has 0 aliphatic heterocycles. The van der Waals surface area contributed by atoms with Gasteiger partial charge in [0.25, 0.3) is 0 Å². The molecule has 20 heavy (non-hydrogen) atoms. The number of nitrogens with two attached hydrogens (primary N) is 1. The summed E-state index contributed by atoms with van der Waals surface area (Å²) in [4.78, 5) is 23.5. The Hall–Kier alpha value is -1.88. The fourth-order valence-corrected chi connectivity index (χ4v) is 1.57. The van der Waals surface area contributed by atoms with Crippen molar-refractivity contribution in [3.63, 3.8) is 0 Å². The quantitative estimate of drug-likeness (QED) is 0.788. The number of amides is 1. The summed E-state index contributed by atoms with van der Waals surface area (Å²) in [7, 11) is 0. The molecule has 0 fully saturated rings. The number of carbonyl (C=O) groups excluding carboxylic acids is 1. The van der Waals surface area contributed by atoms with Crippen molar-refractivity contribution in [2.45, 2.75) is 40.2 Å². The van der Waals surface area contributed by atoms with E-state index in [1.807, 2.05) is 0 Å². The van der Waals surface area contributed by atoms with Crippen LogP contribution in [0.4, 0.5) is 5.69 Å². The van der Waals surface area contributed by atoms with Crippen LogP contribution in [-0.4, -0.2) is 22.5 Å². The number of hydrogen-bond donors (Lipinski definition) is 3. The molecule has 1 aromatic rings. The van der Waals surface area contributed by atoms with Crippen LogP contribution in [-0.2, 0) is 4.79 Å². The van der Waals surface area contributed by atoms with Crippen molar-refractivity contribution in [2.75, 3.05) is 5.32 Å². The van der Waals surface area contributed by atoms with Crippen molar-refractivity contribution in [1.82, 2.24) is 0 Å². The maximum atomic E-state index is 12.4. The summed E-state index contributed by atoms with van der Waals surface area (Å²) in [5.41, 5.74) is 5.73. The fourth-order valence-electron chi connectivity index (χ4n) is 1.57. The van der Waals surface area contributed by atoms with E-state index in [0.29, 0.717) is 11.3 Å². The molecule has 0 aliphatic rings. The van der Waals surface area contributed by atoms with Crippen molar-refractivity contribution >= 4 is 17.6 Å². The highest BCUT2D eigenvalue weighted by Crippen LogP contribution is 2.30. The Morgan fingerprint density at radius 1 is 1.20 bits per heavy atom. The molecule has 5 heteroatoms. The number of carbonyl (C=O) groups is 2. The molecule has 0 saturated carbocycles. The van der Waals surface area contributed by atoms with Crippen LogP contribution in [0, 0.1) is 12.3 Å². The summed E-state index contributed by atoms with van der Waals surface area (Å²) in [5.74, 6) is -1.26. The number of aromatic carboxylic acids is 1. The Labute approximate surface area is 119 Å². The summed E-state index contributed by atoms with van der Waals surface area (Å²) in [6.45, 7) is 8.76. The number of benzene rings is 1. The molecule has 1 rings (SSSR count). The highest BCUT2D eigenvalue weighted by atomic mass is 16.4. The van der Waals surface area contributed by atoms with Gasteiger partial charge >= 0.3 is 5.97 Å². The summed E-state index contributed by atoms with van der Waals surface area (Å²) in [5, 5.41) is 11.9. The van der Waals surface area contributed by atoms with E-state index in [4.69, 9.17) is 10.8 Å². The second kappa shape index (κ2) is 5.25. The van der Waals surface area contributed by atoms with Crippen LogP contribution < -0.4 is 11.1 Å². The molecule has 0 unspecified atom stereocenters. The second-order valence-electron chi connectivity index (χ2n) is 6.08. The molecular formula is C15H22N2O3. The van der Waals surface area contributed by atoms with E-state index in [9.17, 15) is 9.59 Å². The lowest BCUT2D eigenvalue weighted by Gasteiger charge is -2.37. The predicted octanol–water partition coefficient (Wildman–Crippen LogP) is 2.40. The first kappa shape index (κ1) is 16.2. The second-order valence-corrected chi connectivity index (χ2v) is 6.08. The topological polar surface area (TPSA) is 92.4 Å². The molecule has 4 N–H and O–H groups in total. The molecular weight excluding hydrogens is 256 g/mol. The lowest BCUT2D eigenvalue weighted by Crippen LogP contribution is -2.53. The standard InChI is InChI=1S/C15H22N2O3/c1-9-10(12(18)19)7-6-8-11(9)17-13(20)14(2,3)15(4,5)16/h6-8H,16H2,1-5H3,(H,17,20)(H,18,19). The Bertz CT molecular complexity index is 543. The van der Waals surface area contributed by atoms with Crippen LogP contribution in [0.25, 0.3) is 0 Å². The van der Waals surface area contributed by atoms with E-state index in [1.54, 1.807) is 46.8 Å². The zero-order valence-electron chi connectivity index (χ0n) is 12.6. The lowest BCUT2D eigenvalue weighted by molar-refractivity contribution is -0.126. The minimum Gasteiger partial charge on any atom is -0.478 e. The highest BCUT2D eigenvalue weighted by Gasteiger charge is 2.40. The normalized spacial score (nSPS) is 12.1. The third kappa shape index (κ3) is 2.99. The zero-order chi connectivity index (χ0) is 15.7. The Kier molecular flexibility index (Phi) is 4.24. The summed E-state index contributed by atoms with van der Waals surface area (Å²) >= 11 is 0. The summed E-state index contributed by atoms with van der Waals surface area (Å²) in [6, 6.07) is 4.79. The first-order chi connectivity index (χ1) is 8.98. The van der Waals surface area contributed by atoms with Crippen molar-refractivity contribution in [3.8, 4) is 0 Å². The third-order valence-corrected chi connectivity index (χ3v) is 3.99. The number of rotatable bonds is 4. The van der Waals surface area contributed by atoms with Crippen LogP contribution in [0.5, 0.6) is 0 Å². The van der Waals surface area contributed by atoms with E-state index in [1.165, 1.54) is 6.07 Å². The molecule has 1 amide bonds. The van der Waals surface area contributed by atoms with Crippen LogP contribution in [0.1, 0.15) is 43.6 Å². The van der Waals surface area contributed by atoms with Gasteiger partial charge in [0.1, 0.15) is 0 Å². The zero-order valence-corrected chi connectivity index (χ0v) is 12.6. The molecule has 0 aliphatic carbocycles. The van der Waals surface area contributed by atoms with E-state index in [-0.39, 0.29) is 11.5 Å². The largest absolute Gasteiger partial charge is 0.478 e. The lowest BCUT2D eigenvalue weighted by atomic mass is 9.74. The molecule has 0 heterocycles. The van der Waals surface area contributed by atoms with Crippen molar-refractivity contribution in [2.24, 2.45) is 11.1 Å². The maximum Gasteiger partial charge on any atom is 0.336 e. The number of carboxylic acids is 1. The van der Waals surface area contributed by atoms with Crippen molar-refractivity contribution < 1.29 is 14.7 Å². The molecule has 110 valence electrons. The van der Waals surface area contributed by atoms with E-state index >= 15 is 0 Å². The molecule has 1 aromatic carbocycles. The van der Waals surface area contributed by atoms with E-state index in [2.05, 4.69) is 5.32 Å². The SMILES string of the molecule is Cc1c(NC(=O)C(C)(C)C(C)(C)N)cccc1C(=O)O. The van der Waals surface area contributed by atoms with Gasteiger partial charge in [-0.15, -0.1) is 0 Å². The molecule has 0 atom stereocenters. The predicted molar refractivity (Wildman–Crippen MR) is 78.8 cm³/mol. The van der Waals surface area contributed by atoms with Gasteiger partial charge in [-0.25, -0.2) is 4.79 Å². The third-order valence-electron chi connectivity index (χ3n) is 3.99. The number of hydrogen-bond acceptors (Lipinski definition) is 3. The number of carboxylic acid groups (broad SMARTS) is 1. The molecule has 0 radical (unpaired) electrons. The van der Waals surface area contributed by atoms with Gasteiger partial charge in [-0.05, 0) is 52.3 Å².